The van der Waals surface area contributed by atoms with Gasteiger partial charge < -0.3 is 14.5 Å². The molecule has 0 atom stereocenters. The number of ether oxygens (including phenoxy) is 1. The summed E-state index contributed by atoms with van der Waals surface area (Å²) in [7, 11) is 1.59. The van der Waals surface area contributed by atoms with Gasteiger partial charge in [0.25, 0.3) is 5.56 Å². The predicted molar refractivity (Wildman–Crippen MR) is 134 cm³/mol. The van der Waals surface area contributed by atoms with Gasteiger partial charge in [-0.05, 0) is 48.0 Å². The third-order valence-corrected chi connectivity index (χ3v) is 6.36. The molecule has 1 N–H and O–H groups in total. The first-order valence-electron chi connectivity index (χ1n) is 10.7. The van der Waals surface area contributed by atoms with Crippen molar-refractivity contribution in [2.45, 2.75) is 11.7 Å². The number of nitrogens with zero attached hydrogens (tertiary/aromatic N) is 2. The van der Waals surface area contributed by atoms with Crippen LogP contribution >= 0.6 is 11.8 Å². The molecular formula is C26H20FN3O4S. The molecule has 5 aromatic rings. The molecule has 0 spiro atoms. The van der Waals surface area contributed by atoms with Gasteiger partial charge in [0.1, 0.15) is 22.7 Å². The Bertz CT molecular complexity index is 1590. The standard InChI is InChI=1S/C26H20FN3O4S/c1-33-19-11-9-16(10-12-19)14-30-25(32)24-23(20-7-2-3-8-21(20)34-24)29-26(30)35-15-22(31)28-18-6-4-5-17(27)13-18/h2-13H,14-15H2,1H3,(H,28,31). The molecule has 0 fully saturated rings. The number of para-hydroxylation sites is 1. The highest BCUT2D eigenvalue weighted by atomic mass is 32.2. The third kappa shape index (κ3) is 4.76. The highest BCUT2D eigenvalue weighted by molar-refractivity contribution is 7.99. The summed E-state index contributed by atoms with van der Waals surface area (Å²) < 4.78 is 26.0. The number of benzene rings is 3. The van der Waals surface area contributed by atoms with Crippen molar-refractivity contribution in [3.63, 3.8) is 0 Å². The Morgan fingerprint density at radius 3 is 2.69 bits per heavy atom. The Kier molecular flexibility index (Phi) is 6.24. The first kappa shape index (κ1) is 22.7. The topological polar surface area (TPSA) is 86.4 Å². The first-order valence-corrected chi connectivity index (χ1v) is 11.7. The van der Waals surface area contributed by atoms with Gasteiger partial charge in [0, 0.05) is 11.1 Å². The second kappa shape index (κ2) is 9.63. The minimum absolute atomic E-state index is 0.0210. The molecule has 0 saturated heterocycles. The van der Waals surface area contributed by atoms with Crippen LogP contribution in [-0.4, -0.2) is 28.3 Å². The molecule has 3 aromatic carbocycles. The van der Waals surface area contributed by atoms with Crippen LogP contribution in [0.4, 0.5) is 10.1 Å². The lowest BCUT2D eigenvalue weighted by atomic mass is 10.2. The fourth-order valence-corrected chi connectivity index (χ4v) is 4.50. The number of furan rings is 1. The summed E-state index contributed by atoms with van der Waals surface area (Å²) in [4.78, 5) is 30.7. The van der Waals surface area contributed by atoms with E-state index < -0.39 is 5.82 Å². The molecule has 0 unspecified atom stereocenters. The van der Waals surface area contributed by atoms with Crippen LogP contribution in [0.5, 0.6) is 5.75 Å². The molecule has 35 heavy (non-hydrogen) atoms. The number of hydrogen-bond donors (Lipinski definition) is 1. The number of nitrogens with one attached hydrogen (secondary N) is 1. The van der Waals surface area contributed by atoms with Gasteiger partial charge in [0.15, 0.2) is 5.16 Å². The average molecular weight is 490 g/mol. The molecule has 1 amide bonds. The number of fused-ring (bicyclic) bond motifs is 3. The van der Waals surface area contributed by atoms with Crippen molar-refractivity contribution in [1.82, 2.24) is 9.55 Å². The number of halogens is 1. The monoisotopic (exact) mass is 489 g/mol. The molecule has 2 heterocycles. The van der Waals surface area contributed by atoms with Crippen molar-refractivity contribution < 1.29 is 18.3 Å². The van der Waals surface area contributed by atoms with Crippen LogP contribution in [-0.2, 0) is 11.3 Å². The van der Waals surface area contributed by atoms with Gasteiger partial charge in [-0.25, -0.2) is 9.37 Å². The Hall–Kier alpha value is -4.11. The van der Waals surface area contributed by atoms with Crippen molar-refractivity contribution in [1.29, 1.82) is 0 Å². The molecule has 5 rings (SSSR count). The van der Waals surface area contributed by atoms with Crippen LogP contribution in [0, 0.1) is 5.82 Å². The maximum Gasteiger partial charge on any atom is 0.298 e. The summed E-state index contributed by atoms with van der Waals surface area (Å²) in [6.45, 7) is 0.233. The molecule has 7 nitrogen and oxygen atoms in total. The highest BCUT2D eigenvalue weighted by Gasteiger charge is 2.19. The van der Waals surface area contributed by atoms with Gasteiger partial charge in [0.05, 0.1) is 19.4 Å². The zero-order chi connectivity index (χ0) is 24.4. The SMILES string of the molecule is COc1ccc(Cn2c(SCC(=O)Nc3cccc(F)c3)nc3c(oc4ccccc43)c2=O)cc1. The molecule has 0 aliphatic rings. The summed E-state index contributed by atoms with van der Waals surface area (Å²) in [5.41, 5.74) is 2.05. The maximum atomic E-state index is 13.5. The smallest absolute Gasteiger partial charge is 0.298 e. The normalized spacial score (nSPS) is 11.1. The lowest BCUT2D eigenvalue weighted by molar-refractivity contribution is -0.113. The van der Waals surface area contributed by atoms with Crippen molar-refractivity contribution >= 4 is 45.4 Å². The predicted octanol–water partition coefficient (Wildman–Crippen LogP) is 5.07. The van der Waals surface area contributed by atoms with E-state index in [-0.39, 0.29) is 29.3 Å². The molecular weight excluding hydrogens is 469 g/mol. The van der Waals surface area contributed by atoms with Crippen LogP contribution < -0.4 is 15.6 Å². The van der Waals surface area contributed by atoms with Crippen molar-refractivity contribution in [2.24, 2.45) is 0 Å². The second-order valence-electron chi connectivity index (χ2n) is 7.76. The molecule has 0 aliphatic carbocycles. The lowest BCUT2D eigenvalue weighted by Gasteiger charge is -2.12. The van der Waals surface area contributed by atoms with Gasteiger partial charge in [-0.1, -0.05) is 42.1 Å². The zero-order valence-electron chi connectivity index (χ0n) is 18.7. The Morgan fingerprint density at radius 1 is 1.11 bits per heavy atom. The fourth-order valence-electron chi connectivity index (χ4n) is 3.71. The Balaban J connectivity index is 1.50. The number of amides is 1. The number of rotatable bonds is 7. The highest BCUT2D eigenvalue weighted by Crippen LogP contribution is 2.28. The van der Waals surface area contributed by atoms with Gasteiger partial charge in [-0.15, -0.1) is 0 Å². The number of anilines is 1. The average Bonchev–Trinajstić information content (AvgIpc) is 3.24. The summed E-state index contributed by atoms with van der Waals surface area (Å²) in [5, 5.41) is 3.76. The number of methoxy groups -OCH3 is 1. The Labute approximate surface area is 203 Å². The third-order valence-electron chi connectivity index (χ3n) is 5.39. The summed E-state index contributed by atoms with van der Waals surface area (Å²) in [6.07, 6.45) is 0. The van der Waals surface area contributed by atoms with E-state index in [0.29, 0.717) is 27.7 Å². The molecule has 2 aromatic heterocycles. The van der Waals surface area contributed by atoms with Crippen molar-refractivity contribution in [3.8, 4) is 5.75 Å². The van der Waals surface area contributed by atoms with Crippen LogP contribution in [0.15, 0.2) is 87.2 Å². The minimum Gasteiger partial charge on any atom is -0.497 e. The fraction of sp³-hybridized carbons (Fsp3) is 0.115. The van der Waals surface area contributed by atoms with Gasteiger partial charge >= 0.3 is 0 Å². The molecule has 0 saturated carbocycles. The van der Waals surface area contributed by atoms with Crippen LogP contribution in [0.2, 0.25) is 0 Å². The van der Waals surface area contributed by atoms with Gasteiger partial charge in [0.2, 0.25) is 11.5 Å². The first-order chi connectivity index (χ1) is 17.0. The Morgan fingerprint density at radius 2 is 1.91 bits per heavy atom. The van der Waals surface area contributed by atoms with Crippen LogP contribution in [0.3, 0.4) is 0 Å². The number of hydrogen-bond acceptors (Lipinski definition) is 6. The molecule has 0 radical (unpaired) electrons. The largest absolute Gasteiger partial charge is 0.497 e. The van der Waals surface area contributed by atoms with Crippen molar-refractivity contribution in [3.05, 3.63) is 94.5 Å². The zero-order valence-corrected chi connectivity index (χ0v) is 19.5. The number of thioether (sulfide) groups is 1. The second-order valence-corrected chi connectivity index (χ2v) is 8.70. The van der Waals surface area contributed by atoms with E-state index in [0.717, 1.165) is 22.7 Å². The number of carbonyl (C=O) groups excluding carboxylic acids is 1. The summed E-state index contributed by atoms with van der Waals surface area (Å²) >= 11 is 1.13. The number of carbonyl (C=O) groups is 1. The molecule has 9 heteroatoms. The van der Waals surface area contributed by atoms with Gasteiger partial charge in [-0.2, -0.15) is 0 Å². The van der Waals surface area contributed by atoms with E-state index in [1.165, 1.54) is 22.8 Å². The minimum atomic E-state index is -0.442. The maximum absolute atomic E-state index is 13.5. The van der Waals surface area contributed by atoms with E-state index >= 15 is 0 Å². The number of aromatic nitrogens is 2. The van der Waals surface area contributed by atoms with Crippen LogP contribution in [0.1, 0.15) is 5.56 Å². The summed E-state index contributed by atoms with van der Waals surface area (Å²) in [6, 6.07) is 20.3. The quantitative estimate of drug-likeness (QED) is 0.254. The molecule has 176 valence electrons. The molecule has 0 bridgehead atoms. The van der Waals surface area contributed by atoms with E-state index in [2.05, 4.69) is 5.32 Å². The van der Waals surface area contributed by atoms with Crippen LogP contribution in [0.25, 0.3) is 22.1 Å². The van der Waals surface area contributed by atoms with Crippen molar-refractivity contribution in [2.75, 3.05) is 18.2 Å². The summed E-state index contributed by atoms with van der Waals surface area (Å²) in [5.74, 6) is -0.103. The van der Waals surface area contributed by atoms with E-state index in [9.17, 15) is 14.0 Å². The van der Waals surface area contributed by atoms with E-state index in [1.807, 2.05) is 42.5 Å². The van der Waals surface area contributed by atoms with Gasteiger partial charge in [-0.3, -0.25) is 14.2 Å². The van der Waals surface area contributed by atoms with E-state index in [1.54, 1.807) is 19.2 Å². The lowest BCUT2D eigenvalue weighted by Crippen LogP contribution is -2.24. The molecule has 0 aliphatic heterocycles. The van der Waals surface area contributed by atoms with E-state index in [4.69, 9.17) is 14.1 Å².